The van der Waals surface area contributed by atoms with Crippen LogP contribution in [0.2, 0.25) is 18.1 Å². The molecule has 2 aromatic carbocycles. The Kier molecular flexibility index (Phi) is 8.43. The fourth-order valence-electron chi connectivity index (χ4n) is 6.06. The number of carbonyl (C=O) groups excluding carboxylic acids is 1. The molecule has 5 aromatic rings. The van der Waals surface area contributed by atoms with Gasteiger partial charge >= 0.3 is 0 Å². The summed E-state index contributed by atoms with van der Waals surface area (Å²) in [4.78, 5) is 30.6. The summed E-state index contributed by atoms with van der Waals surface area (Å²) in [5.74, 6) is 0.284. The number of nitrogens with one attached hydrogen (secondary N) is 1. The third-order valence-corrected chi connectivity index (χ3v) is 14.2. The van der Waals surface area contributed by atoms with Crippen LogP contribution >= 0.6 is 0 Å². The van der Waals surface area contributed by atoms with Crippen LogP contribution in [0.15, 0.2) is 90.1 Å². The van der Waals surface area contributed by atoms with Gasteiger partial charge in [-0.2, -0.15) is 5.10 Å². The fourth-order valence-corrected chi connectivity index (χ4v) is 7.49. The minimum absolute atomic E-state index is 0.0628. The minimum atomic E-state index is -1.82. The van der Waals surface area contributed by atoms with Crippen molar-refractivity contribution in [1.82, 2.24) is 19.2 Å². The first kappa shape index (κ1) is 31.4. The Morgan fingerprint density at radius 1 is 0.978 bits per heavy atom. The van der Waals surface area contributed by atoms with Crippen molar-refractivity contribution < 1.29 is 9.22 Å². The van der Waals surface area contributed by atoms with Crippen molar-refractivity contribution in [2.75, 3.05) is 11.1 Å². The molecule has 1 aliphatic carbocycles. The molecule has 0 aliphatic heterocycles. The summed E-state index contributed by atoms with van der Waals surface area (Å²) >= 11 is 0. The molecule has 3 heterocycles. The molecule has 46 heavy (non-hydrogen) atoms. The number of rotatable bonds is 7. The van der Waals surface area contributed by atoms with E-state index < -0.39 is 14.2 Å². The number of pyridine rings is 1. The summed E-state index contributed by atoms with van der Waals surface area (Å²) in [6.45, 7) is 11.5. The standard InChI is InChI=1S/C36H42N6O3Si/c1-36(2,3)46(4,5)45-28-19-15-25(16-20-28)31-22-30(32-33(37)38-23-39-42(31)32)24-13-17-26(18-14-24)40-34(43)29-12-9-21-41(35(29)44)27-10-7-6-8-11-27/h6-14,17-18,21-23,25,28H,15-16,19-20H2,1-5H3,(H,40,43)(H2,37,38,39). The second-order valence-corrected chi connectivity index (χ2v) is 18.5. The molecule has 0 bridgehead atoms. The van der Waals surface area contributed by atoms with Crippen molar-refractivity contribution in [2.45, 2.75) is 76.6 Å². The lowest BCUT2D eigenvalue weighted by Crippen LogP contribution is -2.44. The molecule has 238 valence electrons. The SMILES string of the molecule is CC(C)(C)[Si](C)(C)OC1CCC(c2cc(-c3ccc(NC(=O)c4cccn(-c5ccccc5)c4=O)cc3)c3c(N)ncnn23)CC1. The number of nitrogens with two attached hydrogens (primary N) is 1. The first-order valence-corrected chi connectivity index (χ1v) is 18.8. The van der Waals surface area contributed by atoms with Crippen LogP contribution in [0.4, 0.5) is 11.5 Å². The first-order valence-electron chi connectivity index (χ1n) is 15.9. The Hall–Kier alpha value is -4.54. The monoisotopic (exact) mass is 634 g/mol. The van der Waals surface area contributed by atoms with Crippen LogP contribution < -0.4 is 16.6 Å². The van der Waals surface area contributed by atoms with Gasteiger partial charge in [-0.15, -0.1) is 0 Å². The molecule has 1 aliphatic rings. The van der Waals surface area contributed by atoms with E-state index in [0.717, 1.165) is 48.0 Å². The van der Waals surface area contributed by atoms with E-state index in [1.54, 1.807) is 12.3 Å². The molecule has 3 N–H and O–H groups in total. The number of amides is 1. The second kappa shape index (κ2) is 12.3. The van der Waals surface area contributed by atoms with Crippen molar-refractivity contribution in [1.29, 1.82) is 0 Å². The number of carbonyl (C=O) groups is 1. The normalized spacial score (nSPS) is 17.2. The maximum Gasteiger partial charge on any atom is 0.267 e. The number of anilines is 2. The highest BCUT2D eigenvalue weighted by atomic mass is 28.4. The van der Waals surface area contributed by atoms with Gasteiger partial charge in [0.05, 0.1) is 0 Å². The van der Waals surface area contributed by atoms with Gasteiger partial charge in [0.2, 0.25) is 0 Å². The summed E-state index contributed by atoms with van der Waals surface area (Å²) < 4.78 is 10.2. The largest absolute Gasteiger partial charge is 0.414 e. The summed E-state index contributed by atoms with van der Waals surface area (Å²) in [6.07, 6.45) is 7.54. The number of benzene rings is 2. The Bertz CT molecular complexity index is 1920. The van der Waals surface area contributed by atoms with Crippen LogP contribution in [0.5, 0.6) is 0 Å². The third-order valence-electron chi connectivity index (χ3n) is 9.65. The fraction of sp³-hybridized carbons (Fsp3) is 0.333. The van der Waals surface area contributed by atoms with Crippen molar-refractivity contribution >= 4 is 31.2 Å². The average Bonchev–Trinajstić information content (AvgIpc) is 3.42. The van der Waals surface area contributed by atoms with E-state index in [4.69, 9.17) is 10.2 Å². The molecule has 0 unspecified atom stereocenters. The van der Waals surface area contributed by atoms with E-state index in [-0.39, 0.29) is 16.2 Å². The molecule has 1 amide bonds. The van der Waals surface area contributed by atoms with Crippen LogP contribution in [0.3, 0.4) is 0 Å². The van der Waals surface area contributed by atoms with Gasteiger partial charge in [0.15, 0.2) is 14.1 Å². The molecule has 6 rings (SSSR count). The highest BCUT2D eigenvalue weighted by Crippen LogP contribution is 2.43. The number of nitrogen functional groups attached to an aromatic ring is 1. The van der Waals surface area contributed by atoms with Gasteiger partial charge in [-0.05, 0) is 91.8 Å². The lowest BCUT2D eigenvalue weighted by atomic mass is 9.85. The lowest BCUT2D eigenvalue weighted by Gasteiger charge is -2.41. The quantitative estimate of drug-likeness (QED) is 0.180. The van der Waals surface area contributed by atoms with Gasteiger partial charge < -0.3 is 15.5 Å². The molecule has 0 spiro atoms. The minimum Gasteiger partial charge on any atom is -0.414 e. The molecule has 1 fully saturated rings. The van der Waals surface area contributed by atoms with Gasteiger partial charge in [0, 0.05) is 40.9 Å². The van der Waals surface area contributed by atoms with Crippen molar-refractivity contribution in [2.24, 2.45) is 0 Å². The van der Waals surface area contributed by atoms with Gasteiger partial charge in [-0.1, -0.05) is 51.1 Å². The topological polar surface area (TPSA) is 117 Å². The van der Waals surface area contributed by atoms with E-state index in [1.165, 1.54) is 17.0 Å². The van der Waals surface area contributed by atoms with Gasteiger partial charge in [-0.3, -0.25) is 14.2 Å². The van der Waals surface area contributed by atoms with Gasteiger partial charge in [-0.25, -0.2) is 9.50 Å². The Morgan fingerprint density at radius 2 is 1.67 bits per heavy atom. The molecule has 0 atom stereocenters. The maximum atomic E-state index is 13.2. The Morgan fingerprint density at radius 3 is 2.35 bits per heavy atom. The molecule has 9 nitrogen and oxygen atoms in total. The Labute approximate surface area is 270 Å². The zero-order valence-corrected chi connectivity index (χ0v) is 28.2. The summed E-state index contributed by atoms with van der Waals surface area (Å²) in [7, 11) is -1.82. The number of aromatic nitrogens is 4. The average molecular weight is 635 g/mol. The van der Waals surface area contributed by atoms with E-state index in [9.17, 15) is 9.59 Å². The van der Waals surface area contributed by atoms with Crippen molar-refractivity contribution in [3.05, 3.63) is 107 Å². The predicted octanol–water partition coefficient (Wildman–Crippen LogP) is 7.43. The van der Waals surface area contributed by atoms with Crippen LogP contribution in [-0.2, 0) is 4.43 Å². The Balaban J connectivity index is 1.21. The van der Waals surface area contributed by atoms with E-state index in [1.807, 2.05) is 59.1 Å². The molecule has 3 aromatic heterocycles. The van der Waals surface area contributed by atoms with Gasteiger partial charge in [0.1, 0.15) is 17.4 Å². The molecule has 1 saturated carbocycles. The van der Waals surface area contributed by atoms with E-state index in [0.29, 0.717) is 29.2 Å². The van der Waals surface area contributed by atoms with E-state index >= 15 is 0 Å². The van der Waals surface area contributed by atoms with Crippen molar-refractivity contribution in [3.8, 4) is 16.8 Å². The maximum absolute atomic E-state index is 13.2. The molecular weight excluding hydrogens is 593 g/mol. The zero-order valence-electron chi connectivity index (χ0n) is 27.2. The molecule has 0 radical (unpaired) electrons. The zero-order chi connectivity index (χ0) is 32.6. The van der Waals surface area contributed by atoms with Gasteiger partial charge in [0.25, 0.3) is 11.5 Å². The summed E-state index contributed by atoms with van der Waals surface area (Å²) in [5.41, 5.74) is 11.2. The van der Waals surface area contributed by atoms with Crippen LogP contribution in [0.25, 0.3) is 22.3 Å². The van der Waals surface area contributed by atoms with Crippen LogP contribution in [0, 0.1) is 0 Å². The highest BCUT2D eigenvalue weighted by molar-refractivity contribution is 6.74. The first-order chi connectivity index (χ1) is 21.9. The highest BCUT2D eigenvalue weighted by Gasteiger charge is 2.40. The van der Waals surface area contributed by atoms with Crippen molar-refractivity contribution in [3.63, 3.8) is 0 Å². The number of fused-ring (bicyclic) bond motifs is 1. The smallest absolute Gasteiger partial charge is 0.267 e. The second-order valence-electron chi connectivity index (χ2n) is 13.7. The number of para-hydroxylation sites is 1. The summed E-state index contributed by atoms with van der Waals surface area (Å²) in [5, 5.41) is 7.68. The molecule has 0 saturated heterocycles. The number of hydrogen-bond acceptors (Lipinski definition) is 6. The van der Waals surface area contributed by atoms with Crippen LogP contribution in [0.1, 0.15) is 68.4 Å². The number of hydrogen-bond donors (Lipinski definition) is 2. The lowest BCUT2D eigenvalue weighted by molar-refractivity contribution is 0.102. The molecule has 10 heteroatoms. The van der Waals surface area contributed by atoms with E-state index in [2.05, 4.69) is 55.3 Å². The molecular formula is C36H42N6O3Si. The number of nitrogens with zero attached hydrogens (tertiary/aromatic N) is 4. The van der Waals surface area contributed by atoms with Crippen LogP contribution in [-0.4, -0.2) is 39.5 Å². The summed E-state index contributed by atoms with van der Waals surface area (Å²) in [6, 6.07) is 22.2. The predicted molar refractivity (Wildman–Crippen MR) is 186 cm³/mol. The third kappa shape index (κ3) is 6.14.